The van der Waals surface area contributed by atoms with Gasteiger partial charge in [-0.05, 0) is 36.4 Å². The Kier molecular flexibility index (Phi) is 3.96. The number of hydrogen-bond donors (Lipinski definition) is 1. The van der Waals surface area contributed by atoms with Crippen molar-refractivity contribution in [3.8, 4) is 5.75 Å². The van der Waals surface area contributed by atoms with E-state index in [2.05, 4.69) is 10.1 Å². The maximum absolute atomic E-state index is 14.0. The monoisotopic (exact) mass is 377 g/mol. The zero-order valence-corrected chi connectivity index (χ0v) is 13.9. The van der Waals surface area contributed by atoms with Gasteiger partial charge in [0.1, 0.15) is 11.6 Å². The van der Waals surface area contributed by atoms with Gasteiger partial charge in [-0.1, -0.05) is 24.3 Å². The molecule has 2 nitrogen and oxygen atoms in total. The number of ether oxygens (including phenoxy) is 1. The first-order valence-electron chi connectivity index (χ1n) is 7.63. The van der Waals surface area contributed by atoms with Crippen LogP contribution in [-0.4, -0.2) is 6.36 Å². The molecular formula is C19H11F4NOS. The van der Waals surface area contributed by atoms with E-state index in [-0.39, 0.29) is 11.6 Å². The summed E-state index contributed by atoms with van der Waals surface area (Å²) < 4.78 is 56.1. The van der Waals surface area contributed by atoms with Gasteiger partial charge in [0.15, 0.2) is 0 Å². The van der Waals surface area contributed by atoms with Gasteiger partial charge in [-0.2, -0.15) is 0 Å². The van der Waals surface area contributed by atoms with E-state index in [1.54, 1.807) is 6.07 Å². The molecule has 1 heterocycles. The van der Waals surface area contributed by atoms with Gasteiger partial charge in [0.25, 0.3) is 0 Å². The van der Waals surface area contributed by atoms with E-state index in [0.717, 1.165) is 21.2 Å². The molecule has 3 aromatic carbocycles. The molecule has 0 radical (unpaired) electrons. The first-order chi connectivity index (χ1) is 12.4. The third-order valence-electron chi connectivity index (χ3n) is 3.84. The molecule has 0 unspecified atom stereocenters. The zero-order valence-electron chi connectivity index (χ0n) is 13.1. The van der Waals surface area contributed by atoms with Crippen LogP contribution in [0.1, 0.15) is 0 Å². The molecule has 0 spiro atoms. The summed E-state index contributed by atoms with van der Waals surface area (Å²) in [5, 5.41) is 4.93. The number of alkyl halides is 3. The molecule has 0 aliphatic rings. The number of anilines is 2. The summed E-state index contributed by atoms with van der Waals surface area (Å²) in [5.74, 6) is -0.562. The molecule has 0 atom stereocenters. The van der Waals surface area contributed by atoms with Crippen LogP contribution < -0.4 is 10.1 Å². The number of hydrogen-bond acceptors (Lipinski definition) is 3. The van der Waals surface area contributed by atoms with Crippen LogP contribution in [0.5, 0.6) is 5.75 Å². The number of benzene rings is 3. The van der Waals surface area contributed by atoms with E-state index < -0.39 is 6.36 Å². The predicted octanol–water partition coefficient (Wildman–Crippen LogP) is 6.84. The lowest BCUT2D eigenvalue weighted by atomic mass is 10.1. The van der Waals surface area contributed by atoms with Gasteiger partial charge < -0.3 is 10.1 Å². The highest BCUT2D eigenvalue weighted by molar-refractivity contribution is 7.26. The topological polar surface area (TPSA) is 21.3 Å². The van der Waals surface area contributed by atoms with Crippen molar-refractivity contribution in [3.63, 3.8) is 0 Å². The van der Waals surface area contributed by atoms with Crippen molar-refractivity contribution in [2.45, 2.75) is 6.36 Å². The van der Waals surface area contributed by atoms with E-state index in [1.807, 2.05) is 24.3 Å². The molecule has 1 N–H and O–H groups in total. The molecule has 7 heteroatoms. The summed E-state index contributed by atoms with van der Waals surface area (Å²) >= 11 is 1.33. The quantitative estimate of drug-likeness (QED) is 0.395. The van der Waals surface area contributed by atoms with Crippen LogP contribution in [0.25, 0.3) is 20.2 Å². The van der Waals surface area contributed by atoms with Gasteiger partial charge in [-0.3, -0.25) is 0 Å². The van der Waals surface area contributed by atoms with E-state index in [4.69, 9.17) is 0 Å². The average Bonchev–Trinajstić information content (AvgIpc) is 2.97. The van der Waals surface area contributed by atoms with E-state index in [1.165, 1.54) is 41.7 Å². The fourth-order valence-electron chi connectivity index (χ4n) is 2.78. The second kappa shape index (κ2) is 6.17. The van der Waals surface area contributed by atoms with Crippen LogP contribution >= 0.6 is 11.3 Å². The van der Waals surface area contributed by atoms with E-state index in [9.17, 15) is 17.6 Å². The molecule has 0 bridgehead atoms. The molecule has 26 heavy (non-hydrogen) atoms. The minimum atomic E-state index is -4.72. The molecule has 4 rings (SSSR count). The van der Waals surface area contributed by atoms with Crippen molar-refractivity contribution in [2.24, 2.45) is 0 Å². The van der Waals surface area contributed by atoms with Crippen LogP contribution in [0, 0.1) is 5.82 Å². The first-order valence-corrected chi connectivity index (χ1v) is 8.45. The average molecular weight is 377 g/mol. The summed E-state index contributed by atoms with van der Waals surface area (Å²) in [6, 6.07) is 16.0. The van der Waals surface area contributed by atoms with Crippen molar-refractivity contribution >= 4 is 42.9 Å². The molecule has 0 fully saturated rings. The number of thiophene rings is 1. The number of nitrogens with one attached hydrogen (secondary N) is 1. The van der Waals surface area contributed by atoms with Gasteiger partial charge in [-0.15, -0.1) is 24.5 Å². The SMILES string of the molecule is Fc1cccc2c1sc1c(Nc3ccc(OC(F)(F)F)cc3)cccc12. The van der Waals surface area contributed by atoms with Crippen LogP contribution in [0.4, 0.5) is 28.9 Å². The van der Waals surface area contributed by atoms with Crippen molar-refractivity contribution in [2.75, 3.05) is 5.32 Å². The Hall–Kier alpha value is -2.80. The standard InChI is InChI=1S/C19H11F4NOS/c20-15-5-1-3-13-14-4-2-6-16(18(14)26-17(13)15)24-11-7-9-12(10-8-11)25-19(21,22)23/h1-10,24H. The minimum absolute atomic E-state index is 0.275. The first kappa shape index (κ1) is 16.7. The summed E-state index contributed by atoms with van der Waals surface area (Å²) in [4.78, 5) is 0. The lowest BCUT2D eigenvalue weighted by Crippen LogP contribution is -2.16. The number of fused-ring (bicyclic) bond motifs is 3. The summed E-state index contributed by atoms with van der Waals surface area (Å²) in [6.45, 7) is 0. The Balaban J connectivity index is 1.69. The van der Waals surface area contributed by atoms with Crippen molar-refractivity contribution in [1.82, 2.24) is 0 Å². The Morgan fingerprint density at radius 2 is 1.46 bits per heavy atom. The Bertz CT molecular complexity index is 1090. The van der Waals surface area contributed by atoms with Gasteiger partial charge in [-0.25, -0.2) is 4.39 Å². The van der Waals surface area contributed by atoms with Crippen LogP contribution in [-0.2, 0) is 0 Å². The molecule has 0 saturated carbocycles. The van der Waals surface area contributed by atoms with E-state index >= 15 is 0 Å². The molecule has 0 aliphatic heterocycles. The molecule has 0 saturated heterocycles. The molecule has 1 aromatic heterocycles. The summed E-state index contributed by atoms with van der Waals surface area (Å²) in [6.07, 6.45) is -4.72. The van der Waals surface area contributed by atoms with Gasteiger partial charge in [0.05, 0.1) is 15.1 Å². The second-order valence-corrected chi connectivity index (χ2v) is 6.62. The highest BCUT2D eigenvalue weighted by Gasteiger charge is 2.30. The number of halogens is 4. The van der Waals surface area contributed by atoms with Crippen LogP contribution in [0.3, 0.4) is 0 Å². The van der Waals surface area contributed by atoms with E-state index in [0.29, 0.717) is 10.4 Å². The summed E-state index contributed by atoms with van der Waals surface area (Å²) in [5.41, 5.74) is 1.36. The van der Waals surface area contributed by atoms with Gasteiger partial charge >= 0.3 is 6.36 Å². The molecular weight excluding hydrogens is 366 g/mol. The second-order valence-electron chi connectivity index (χ2n) is 5.60. The Morgan fingerprint density at radius 3 is 2.15 bits per heavy atom. The maximum atomic E-state index is 14.0. The van der Waals surface area contributed by atoms with Crippen LogP contribution in [0.15, 0.2) is 60.7 Å². The number of rotatable bonds is 3. The third-order valence-corrected chi connectivity index (χ3v) is 5.11. The fourth-order valence-corrected chi connectivity index (χ4v) is 3.95. The van der Waals surface area contributed by atoms with Crippen molar-refractivity contribution in [1.29, 1.82) is 0 Å². The highest BCUT2D eigenvalue weighted by atomic mass is 32.1. The smallest absolute Gasteiger partial charge is 0.406 e. The molecule has 0 amide bonds. The fraction of sp³-hybridized carbons (Fsp3) is 0.0526. The Labute approximate surface area is 149 Å². The normalized spacial score (nSPS) is 11.8. The van der Waals surface area contributed by atoms with Crippen molar-refractivity contribution < 1.29 is 22.3 Å². The largest absolute Gasteiger partial charge is 0.573 e. The predicted molar refractivity (Wildman–Crippen MR) is 95.7 cm³/mol. The lowest BCUT2D eigenvalue weighted by molar-refractivity contribution is -0.274. The van der Waals surface area contributed by atoms with Crippen LogP contribution in [0.2, 0.25) is 0 Å². The lowest BCUT2D eigenvalue weighted by Gasteiger charge is -2.11. The highest BCUT2D eigenvalue weighted by Crippen LogP contribution is 2.40. The molecule has 132 valence electrons. The van der Waals surface area contributed by atoms with Gasteiger partial charge in [0, 0.05) is 16.5 Å². The summed E-state index contributed by atoms with van der Waals surface area (Å²) in [7, 11) is 0. The Morgan fingerprint density at radius 1 is 0.808 bits per heavy atom. The zero-order chi connectivity index (χ0) is 18.3. The minimum Gasteiger partial charge on any atom is -0.406 e. The van der Waals surface area contributed by atoms with Crippen molar-refractivity contribution in [3.05, 3.63) is 66.5 Å². The van der Waals surface area contributed by atoms with Gasteiger partial charge in [0.2, 0.25) is 0 Å². The third kappa shape index (κ3) is 3.17. The molecule has 4 aromatic rings. The molecule has 0 aliphatic carbocycles. The maximum Gasteiger partial charge on any atom is 0.573 e.